The fraction of sp³-hybridized carbons (Fsp3) is 0.136. The molecule has 0 aliphatic rings. The summed E-state index contributed by atoms with van der Waals surface area (Å²) >= 11 is 1.36. The van der Waals surface area contributed by atoms with Crippen LogP contribution in [-0.2, 0) is 4.79 Å². The number of nitrogens with zero attached hydrogens (tertiary/aromatic N) is 1. The van der Waals surface area contributed by atoms with E-state index in [9.17, 15) is 14.4 Å². The van der Waals surface area contributed by atoms with Crippen molar-refractivity contribution in [2.45, 2.75) is 0 Å². The van der Waals surface area contributed by atoms with Crippen LogP contribution in [0, 0.1) is 0 Å². The molecule has 1 aromatic heterocycles. The molecule has 154 valence electrons. The highest BCUT2D eigenvalue weighted by Crippen LogP contribution is 2.18. The molecule has 0 bridgehead atoms. The second-order valence-corrected chi connectivity index (χ2v) is 7.51. The molecular weight excluding hydrogens is 402 g/mol. The van der Waals surface area contributed by atoms with Gasteiger partial charge in [-0.25, -0.2) is 0 Å². The number of nitrogens with one attached hydrogen (secondary N) is 2. The largest absolute Gasteiger partial charge is 0.484 e. The van der Waals surface area contributed by atoms with Gasteiger partial charge in [-0.05, 0) is 60.0 Å². The molecule has 3 rings (SSSR count). The Morgan fingerprint density at radius 3 is 2.03 bits per heavy atom. The molecule has 0 aliphatic heterocycles. The van der Waals surface area contributed by atoms with Crippen LogP contribution >= 0.6 is 11.3 Å². The van der Waals surface area contributed by atoms with Gasteiger partial charge in [0.15, 0.2) is 6.61 Å². The third-order valence-corrected chi connectivity index (χ3v) is 4.99. The molecule has 0 aliphatic carbocycles. The molecule has 2 N–H and O–H groups in total. The van der Waals surface area contributed by atoms with Crippen molar-refractivity contribution in [2.24, 2.45) is 0 Å². The highest BCUT2D eigenvalue weighted by molar-refractivity contribution is 7.12. The Hall–Kier alpha value is -3.65. The third-order valence-electron chi connectivity index (χ3n) is 4.12. The van der Waals surface area contributed by atoms with Crippen LogP contribution in [0.1, 0.15) is 20.0 Å². The molecule has 30 heavy (non-hydrogen) atoms. The van der Waals surface area contributed by atoms with Crippen molar-refractivity contribution >= 4 is 40.4 Å². The summed E-state index contributed by atoms with van der Waals surface area (Å²) in [5, 5.41) is 7.43. The Balaban J connectivity index is 1.54. The number of amides is 3. The van der Waals surface area contributed by atoms with E-state index in [-0.39, 0.29) is 24.3 Å². The number of rotatable bonds is 7. The molecule has 0 radical (unpaired) electrons. The summed E-state index contributed by atoms with van der Waals surface area (Å²) in [5.74, 6) is -0.0594. The van der Waals surface area contributed by atoms with E-state index in [4.69, 9.17) is 4.74 Å². The summed E-state index contributed by atoms with van der Waals surface area (Å²) in [5.41, 5.74) is 1.67. The smallest absolute Gasteiger partial charge is 0.265 e. The first-order chi connectivity index (χ1) is 14.4. The van der Waals surface area contributed by atoms with E-state index in [0.29, 0.717) is 27.6 Å². The molecule has 7 nitrogen and oxygen atoms in total. The van der Waals surface area contributed by atoms with Gasteiger partial charge in [0, 0.05) is 31.0 Å². The zero-order valence-corrected chi connectivity index (χ0v) is 17.4. The fourth-order valence-electron chi connectivity index (χ4n) is 2.42. The predicted molar refractivity (Wildman–Crippen MR) is 117 cm³/mol. The molecule has 0 atom stereocenters. The first kappa shape index (κ1) is 21.1. The van der Waals surface area contributed by atoms with E-state index in [2.05, 4.69) is 10.6 Å². The highest BCUT2D eigenvalue weighted by Gasteiger charge is 2.10. The second-order valence-electron chi connectivity index (χ2n) is 6.56. The van der Waals surface area contributed by atoms with Crippen molar-refractivity contribution in [3.05, 3.63) is 76.5 Å². The first-order valence-corrected chi connectivity index (χ1v) is 9.99. The molecule has 0 fully saturated rings. The van der Waals surface area contributed by atoms with Gasteiger partial charge in [-0.1, -0.05) is 6.07 Å². The van der Waals surface area contributed by atoms with Crippen LogP contribution in [0.2, 0.25) is 0 Å². The summed E-state index contributed by atoms with van der Waals surface area (Å²) in [7, 11) is 3.32. The lowest BCUT2D eigenvalue weighted by molar-refractivity contribution is -0.130. The molecular formula is C22H21N3O4S. The molecule has 3 aromatic rings. The predicted octanol–water partition coefficient (Wildman–Crippen LogP) is 3.72. The van der Waals surface area contributed by atoms with E-state index < -0.39 is 0 Å². The standard InChI is InChI=1S/C22H21N3O4S/c1-25(2)20(26)14-29-18-11-9-17(10-12-18)23-21(27)15-5-7-16(8-6-15)24-22(28)19-4-3-13-30-19/h3-13H,14H2,1-2H3,(H,23,27)(H,24,28). The second kappa shape index (κ2) is 9.71. The minimum absolute atomic E-state index is 0.0475. The number of benzene rings is 2. The number of hydrogen-bond acceptors (Lipinski definition) is 5. The van der Waals surface area contributed by atoms with Crippen LogP contribution in [-0.4, -0.2) is 43.3 Å². The van der Waals surface area contributed by atoms with Crippen LogP contribution in [0.25, 0.3) is 0 Å². The van der Waals surface area contributed by atoms with Crippen molar-refractivity contribution in [1.29, 1.82) is 0 Å². The minimum atomic E-state index is -0.275. The van der Waals surface area contributed by atoms with E-state index in [0.717, 1.165) is 0 Å². The molecule has 0 spiro atoms. The van der Waals surface area contributed by atoms with Gasteiger partial charge in [-0.2, -0.15) is 0 Å². The van der Waals surface area contributed by atoms with Crippen molar-refractivity contribution in [2.75, 3.05) is 31.3 Å². The highest BCUT2D eigenvalue weighted by atomic mass is 32.1. The number of anilines is 2. The topological polar surface area (TPSA) is 87.7 Å². The number of likely N-dealkylation sites (N-methyl/N-ethyl adjacent to an activating group) is 1. The average molecular weight is 423 g/mol. The number of carbonyl (C=O) groups excluding carboxylic acids is 3. The SMILES string of the molecule is CN(C)C(=O)COc1ccc(NC(=O)c2ccc(NC(=O)c3cccs3)cc2)cc1. The van der Waals surface area contributed by atoms with Gasteiger partial charge in [-0.3, -0.25) is 14.4 Å². The maximum atomic E-state index is 12.4. The maximum Gasteiger partial charge on any atom is 0.265 e. The molecule has 2 aromatic carbocycles. The minimum Gasteiger partial charge on any atom is -0.484 e. The lowest BCUT2D eigenvalue weighted by Crippen LogP contribution is -2.27. The summed E-state index contributed by atoms with van der Waals surface area (Å²) in [4.78, 5) is 38.1. The lowest BCUT2D eigenvalue weighted by Gasteiger charge is -2.12. The first-order valence-electron chi connectivity index (χ1n) is 9.11. The maximum absolute atomic E-state index is 12.4. The zero-order chi connectivity index (χ0) is 21.5. The Morgan fingerprint density at radius 1 is 0.867 bits per heavy atom. The van der Waals surface area contributed by atoms with Gasteiger partial charge in [0.2, 0.25) is 0 Å². The van der Waals surface area contributed by atoms with Crippen LogP contribution in [0.4, 0.5) is 11.4 Å². The van der Waals surface area contributed by atoms with Crippen molar-refractivity contribution in [3.8, 4) is 5.75 Å². The quantitative estimate of drug-likeness (QED) is 0.606. The van der Waals surface area contributed by atoms with Gasteiger partial charge in [0.05, 0.1) is 4.88 Å². The van der Waals surface area contributed by atoms with Gasteiger partial charge in [0.1, 0.15) is 5.75 Å². The lowest BCUT2D eigenvalue weighted by atomic mass is 10.2. The Bertz CT molecular complexity index is 1010. The van der Waals surface area contributed by atoms with E-state index >= 15 is 0 Å². The normalized spacial score (nSPS) is 10.2. The van der Waals surface area contributed by atoms with Crippen LogP contribution in [0.3, 0.4) is 0 Å². The molecule has 0 saturated carbocycles. The number of thiophene rings is 1. The molecule has 0 saturated heterocycles. The Morgan fingerprint density at radius 2 is 1.47 bits per heavy atom. The van der Waals surface area contributed by atoms with Crippen molar-refractivity contribution < 1.29 is 19.1 Å². The summed E-state index contributed by atoms with van der Waals surface area (Å²) in [6, 6.07) is 17.0. The van der Waals surface area contributed by atoms with Gasteiger partial charge in [0.25, 0.3) is 17.7 Å². The number of hydrogen-bond donors (Lipinski definition) is 2. The molecule has 1 heterocycles. The Labute approximate surface area is 178 Å². The molecule has 0 unspecified atom stereocenters. The zero-order valence-electron chi connectivity index (χ0n) is 16.5. The monoisotopic (exact) mass is 423 g/mol. The summed E-state index contributed by atoms with van der Waals surface area (Å²) < 4.78 is 5.41. The van der Waals surface area contributed by atoms with E-state index in [1.54, 1.807) is 68.7 Å². The third kappa shape index (κ3) is 5.68. The van der Waals surface area contributed by atoms with E-state index in [1.807, 2.05) is 11.4 Å². The number of carbonyl (C=O) groups is 3. The van der Waals surface area contributed by atoms with E-state index in [1.165, 1.54) is 16.2 Å². The molecule has 8 heteroatoms. The fourth-order valence-corrected chi connectivity index (χ4v) is 3.04. The summed E-state index contributed by atoms with van der Waals surface area (Å²) in [6.45, 7) is -0.0475. The van der Waals surface area contributed by atoms with Crippen LogP contribution in [0.5, 0.6) is 5.75 Å². The average Bonchev–Trinajstić information content (AvgIpc) is 3.28. The van der Waals surface area contributed by atoms with Crippen LogP contribution in [0.15, 0.2) is 66.0 Å². The number of ether oxygens (including phenoxy) is 1. The van der Waals surface area contributed by atoms with Gasteiger partial charge >= 0.3 is 0 Å². The van der Waals surface area contributed by atoms with Gasteiger partial charge < -0.3 is 20.3 Å². The molecule has 3 amide bonds. The Kier molecular flexibility index (Phi) is 6.82. The van der Waals surface area contributed by atoms with Gasteiger partial charge in [-0.15, -0.1) is 11.3 Å². The van der Waals surface area contributed by atoms with Crippen molar-refractivity contribution in [1.82, 2.24) is 4.90 Å². The van der Waals surface area contributed by atoms with Crippen LogP contribution < -0.4 is 15.4 Å². The summed E-state index contributed by atoms with van der Waals surface area (Å²) in [6.07, 6.45) is 0. The van der Waals surface area contributed by atoms with Crippen molar-refractivity contribution in [3.63, 3.8) is 0 Å².